The van der Waals surface area contributed by atoms with E-state index in [-0.39, 0.29) is 43.0 Å². The molecule has 3 N–H and O–H groups in total. The third-order valence-corrected chi connectivity index (χ3v) is 7.78. The summed E-state index contributed by atoms with van der Waals surface area (Å²) in [6, 6.07) is 9.64. The van der Waals surface area contributed by atoms with Crippen LogP contribution < -0.4 is 15.5 Å². The standard InChI is InChI=1S/C27H35N5O5/c1-32(2)18-7-5-17(6-8-18)19-9-12-28-26(30-19)31-21-16-37-24-20(15-36-25(21)24)29-22(33)13-27(14-23(34)35)10-3-4-11-27/h5-9,12,20-21,24-25H,3-4,10-11,13-16H2,1-2H3,(H,29,33)(H,34,35)(H,28,30,31)/t20-,21-,24+,25+/m0/s1. The van der Waals surface area contributed by atoms with Gasteiger partial charge in [-0.25, -0.2) is 9.97 Å². The zero-order valence-corrected chi connectivity index (χ0v) is 21.4. The molecular formula is C27H35N5O5. The molecule has 4 atom stereocenters. The summed E-state index contributed by atoms with van der Waals surface area (Å²) in [6.45, 7) is 0.764. The number of anilines is 2. The largest absolute Gasteiger partial charge is 0.481 e. The molecule has 2 aromatic rings. The number of carbonyl (C=O) groups is 2. The van der Waals surface area contributed by atoms with Gasteiger partial charge >= 0.3 is 5.97 Å². The molecule has 1 aromatic carbocycles. The maximum Gasteiger partial charge on any atom is 0.303 e. The number of nitrogens with one attached hydrogen (secondary N) is 2. The van der Waals surface area contributed by atoms with Gasteiger partial charge in [-0.1, -0.05) is 25.0 Å². The molecule has 10 heteroatoms. The molecule has 198 valence electrons. The van der Waals surface area contributed by atoms with Gasteiger partial charge in [0.05, 0.1) is 37.4 Å². The molecule has 0 unspecified atom stereocenters. The molecule has 1 aromatic heterocycles. The number of carboxylic acid groups (broad SMARTS) is 1. The first-order chi connectivity index (χ1) is 17.8. The number of hydrogen-bond donors (Lipinski definition) is 3. The van der Waals surface area contributed by atoms with E-state index in [4.69, 9.17) is 9.47 Å². The van der Waals surface area contributed by atoms with Crippen LogP contribution in [0.4, 0.5) is 11.6 Å². The van der Waals surface area contributed by atoms with Crippen molar-refractivity contribution in [1.82, 2.24) is 15.3 Å². The molecule has 0 spiro atoms. The van der Waals surface area contributed by atoms with Crippen LogP contribution in [0.3, 0.4) is 0 Å². The predicted octanol–water partition coefficient (Wildman–Crippen LogP) is 2.70. The summed E-state index contributed by atoms with van der Waals surface area (Å²) < 4.78 is 12.1. The van der Waals surface area contributed by atoms with Crippen LogP contribution in [0, 0.1) is 5.41 Å². The Balaban J connectivity index is 1.18. The van der Waals surface area contributed by atoms with E-state index >= 15 is 0 Å². The normalized spacial score (nSPS) is 26.0. The fourth-order valence-electron chi connectivity index (χ4n) is 5.89. The Morgan fingerprint density at radius 2 is 1.70 bits per heavy atom. The Kier molecular flexibility index (Phi) is 7.30. The summed E-state index contributed by atoms with van der Waals surface area (Å²) in [7, 11) is 4.01. The number of carbonyl (C=O) groups excluding carboxylic acids is 1. The van der Waals surface area contributed by atoms with E-state index in [2.05, 4.69) is 32.7 Å². The second-order valence-electron chi connectivity index (χ2n) is 10.7. The van der Waals surface area contributed by atoms with Gasteiger partial charge in [-0.3, -0.25) is 9.59 Å². The van der Waals surface area contributed by atoms with Crippen molar-refractivity contribution < 1.29 is 24.2 Å². The number of amides is 1. The van der Waals surface area contributed by atoms with E-state index in [9.17, 15) is 14.7 Å². The number of nitrogens with zero attached hydrogens (tertiary/aromatic N) is 3. The van der Waals surface area contributed by atoms with Crippen molar-refractivity contribution in [3.63, 3.8) is 0 Å². The Labute approximate surface area is 216 Å². The number of carboxylic acids is 1. The summed E-state index contributed by atoms with van der Waals surface area (Å²) in [5.41, 5.74) is 2.49. The first-order valence-electron chi connectivity index (χ1n) is 12.9. The fraction of sp³-hybridized carbons (Fsp3) is 0.556. The Morgan fingerprint density at radius 3 is 2.38 bits per heavy atom. The maximum absolute atomic E-state index is 12.9. The average Bonchev–Trinajstić information content (AvgIpc) is 3.58. The van der Waals surface area contributed by atoms with Gasteiger partial charge in [0, 0.05) is 38.0 Å². The smallest absolute Gasteiger partial charge is 0.303 e. The Hall–Kier alpha value is -3.24. The third kappa shape index (κ3) is 5.70. The highest BCUT2D eigenvalue weighted by molar-refractivity contribution is 5.78. The van der Waals surface area contributed by atoms with Crippen molar-refractivity contribution in [2.75, 3.05) is 37.5 Å². The SMILES string of the molecule is CN(C)c1ccc(-c2ccnc(N[C@H]3CO[C@H]4[C@@H]3OC[C@@H]4NC(=O)CC3(CC(=O)O)CCCC3)n2)cc1. The predicted molar refractivity (Wildman–Crippen MR) is 138 cm³/mol. The second-order valence-corrected chi connectivity index (χ2v) is 10.7. The molecule has 3 fully saturated rings. The molecule has 1 amide bonds. The number of fused-ring (bicyclic) bond motifs is 1. The quantitative estimate of drug-likeness (QED) is 0.468. The van der Waals surface area contributed by atoms with Gasteiger partial charge in [0.15, 0.2) is 0 Å². The van der Waals surface area contributed by atoms with E-state index in [1.165, 1.54) is 0 Å². The Bertz CT molecular complexity index is 1120. The number of aliphatic carboxylic acids is 1. The van der Waals surface area contributed by atoms with Gasteiger partial charge in [0.25, 0.3) is 0 Å². The zero-order chi connectivity index (χ0) is 26.0. The van der Waals surface area contributed by atoms with Crippen LogP contribution in [-0.4, -0.2) is 78.6 Å². The van der Waals surface area contributed by atoms with Crippen LogP contribution in [0.5, 0.6) is 0 Å². The number of hydrogen-bond acceptors (Lipinski definition) is 8. The van der Waals surface area contributed by atoms with Crippen LogP contribution in [0.1, 0.15) is 38.5 Å². The van der Waals surface area contributed by atoms with Crippen LogP contribution in [0.2, 0.25) is 0 Å². The third-order valence-electron chi connectivity index (χ3n) is 7.78. The summed E-state index contributed by atoms with van der Waals surface area (Å²) in [6.07, 6.45) is 4.98. The molecule has 2 saturated heterocycles. The highest BCUT2D eigenvalue weighted by Gasteiger charge is 2.49. The molecule has 37 heavy (non-hydrogen) atoms. The summed E-state index contributed by atoms with van der Waals surface area (Å²) in [5.74, 6) is -0.478. The lowest BCUT2D eigenvalue weighted by atomic mass is 9.79. The van der Waals surface area contributed by atoms with Crippen molar-refractivity contribution in [3.8, 4) is 11.3 Å². The van der Waals surface area contributed by atoms with Gasteiger partial charge in [-0.15, -0.1) is 0 Å². The molecule has 2 aliphatic heterocycles. The minimum Gasteiger partial charge on any atom is -0.481 e. The minimum absolute atomic E-state index is 0.0367. The topological polar surface area (TPSA) is 126 Å². The second kappa shape index (κ2) is 10.6. The highest BCUT2D eigenvalue weighted by atomic mass is 16.6. The van der Waals surface area contributed by atoms with E-state index in [0.29, 0.717) is 19.2 Å². The molecule has 3 heterocycles. The Morgan fingerprint density at radius 1 is 1.03 bits per heavy atom. The minimum atomic E-state index is -0.844. The zero-order valence-electron chi connectivity index (χ0n) is 21.4. The van der Waals surface area contributed by atoms with Crippen LogP contribution in [-0.2, 0) is 19.1 Å². The van der Waals surface area contributed by atoms with Gasteiger partial charge in [-0.2, -0.15) is 0 Å². The molecule has 1 saturated carbocycles. The monoisotopic (exact) mass is 509 g/mol. The number of rotatable bonds is 9. The summed E-state index contributed by atoms with van der Waals surface area (Å²) in [5, 5.41) is 15.7. The molecule has 5 rings (SSSR count). The van der Waals surface area contributed by atoms with Crippen molar-refractivity contribution in [1.29, 1.82) is 0 Å². The van der Waals surface area contributed by atoms with Crippen LogP contribution in [0.25, 0.3) is 11.3 Å². The average molecular weight is 510 g/mol. The number of aromatic nitrogens is 2. The van der Waals surface area contributed by atoms with Gasteiger partial charge in [-0.05, 0) is 36.5 Å². The lowest BCUT2D eigenvalue weighted by Crippen LogP contribution is -2.46. The van der Waals surface area contributed by atoms with E-state index in [1.54, 1.807) is 6.20 Å². The molecule has 0 bridgehead atoms. The van der Waals surface area contributed by atoms with Crippen molar-refractivity contribution in [2.45, 2.75) is 62.8 Å². The molecule has 10 nitrogen and oxygen atoms in total. The van der Waals surface area contributed by atoms with E-state index in [1.807, 2.05) is 37.2 Å². The van der Waals surface area contributed by atoms with Crippen LogP contribution >= 0.6 is 0 Å². The van der Waals surface area contributed by atoms with Crippen molar-refractivity contribution in [2.24, 2.45) is 5.41 Å². The van der Waals surface area contributed by atoms with Gasteiger partial charge in [0.1, 0.15) is 12.2 Å². The lowest BCUT2D eigenvalue weighted by molar-refractivity contribution is -0.140. The van der Waals surface area contributed by atoms with E-state index in [0.717, 1.165) is 42.6 Å². The molecule has 1 aliphatic carbocycles. The lowest BCUT2D eigenvalue weighted by Gasteiger charge is -2.27. The first kappa shape index (κ1) is 25.4. The maximum atomic E-state index is 12.9. The highest BCUT2D eigenvalue weighted by Crippen LogP contribution is 2.44. The van der Waals surface area contributed by atoms with Crippen molar-refractivity contribution >= 4 is 23.5 Å². The van der Waals surface area contributed by atoms with Crippen molar-refractivity contribution in [3.05, 3.63) is 36.5 Å². The molecule has 0 radical (unpaired) electrons. The van der Waals surface area contributed by atoms with E-state index < -0.39 is 11.4 Å². The molecular weight excluding hydrogens is 474 g/mol. The summed E-state index contributed by atoms with van der Waals surface area (Å²) >= 11 is 0. The number of ether oxygens (including phenoxy) is 2. The summed E-state index contributed by atoms with van der Waals surface area (Å²) in [4.78, 5) is 35.4. The van der Waals surface area contributed by atoms with Crippen LogP contribution in [0.15, 0.2) is 36.5 Å². The number of benzene rings is 1. The fourth-order valence-corrected chi connectivity index (χ4v) is 5.89. The van der Waals surface area contributed by atoms with Gasteiger partial charge < -0.3 is 30.1 Å². The molecule has 3 aliphatic rings. The first-order valence-corrected chi connectivity index (χ1v) is 12.9. The van der Waals surface area contributed by atoms with Gasteiger partial charge in [0.2, 0.25) is 11.9 Å².